The van der Waals surface area contributed by atoms with Crippen molar-refractivity contribution in [3.05, 3.63) is 35.4 Å². The van der Waals surface area contributed by atoms with E-state index in [1.165, 1.54) is 11.9 Å². The molecule has 20 heavy (non-hydrogen) atoms. The number of hydrogen-bond acceptors (Lipinski definition) is 2. The van der Waals surface area contributed by atoms with E-state index in [1.807, 2.05) is 24.3 Å². The first-order valence-corrected chi connectivity index (χ1v) is 6.64. The third-order valence-electron chi connectivity index (χ3n) is 2.82. The van der Waals surface area contributed by atoms with E-state index in [2.05, 4.69) is 26.1 Å². The number of nitrogens with one attached hydrogen (secondary N) is 1. The third-order valence-corrected chi connectivity index (χ3v) is 2.82. The van der Waals surface area contributed by atoms with E-state index in [9.17, 15) is 13.2 Å². The van der Waals surface area contributed by atoms with Gasteiger partial charge in [0.1, 0.15) is 0 Å². The van der Waals surface area contributed by atoms with Crippen molar-refractivity contribution in [2.45, 2.75) is 45.6 Å². The Kier molecular flexibility index (Phi) is 5.59. The molecule has 2 nitrogen and oxygen atoms in total. The van der Waals surface area contributed by atoms with Crippen molar-refractivity contribution in [3.63, 3.8) is 0 Å². The average molecular weight is 288 g/mol. The van der Waals surface area contributed by atoms with Gasteiger partial charge in [-0.3, -0.25) is 4.90 Å². The average Bonchev–Trinajstić information content (AvgIpc) is 2.24. The van der Waals surface area contributed by atoms with Crippen LogP contribution in [0.25, 0.3) is 0 Å². The van der Waals surface area contributed by atoms with Crippen molar-refractivity contribution < 1.29 is 13.2 Å². The Morgan fingerprint density at radius 2 is 1.60 bits per heavy atom. The molecule has 0 atom stereocenters. The zero-order chi connectivity index (χ0) is 15.4. The minimum Gasteiger partial charge on any atom is -0.308 e. The standard InChI is InChI=1S/C15H23F3N2/c1-14(2,3)19-9-12-7-5-6-8-13(12)10-20(4)11-15(16,17)18/h5-8,19H,9-11H2,1-4H3. The van der Waals surface area contributed by atoms with Crippen molar-refractivity contribution in [2.75, 3.05) is 13.6 Å². The predicted molar refractivity (Wildman–Crippen MR) is 75.4 cm³/mol. The molecule has 0 aliphatic carbocycles. The largest absolute Gasteiger partial charge is 0.401 e. The molecule has 0 heterocycles. The van der Waals surface area contributed by atoms with Gasteiger partial charge in [-0.15, -0.1) is 0 Å². The summed E-state index contributed by atoms with van der Waals surface area (Å²) in [6.45, 7) is 6.23. The van der Waals surface area contributed by atoms with Gasteiger partial charge >= 0.3 is 6.18 Å². The summed E-state index contributed by atoms with van der Waals surface area (Å²) < 4.78 is 37.1. The number of nitrogens with zero attached hydrogens (tertiary/aromatic N) is 1. The summed E-state index contributed by atoms with van der Waals surface area (Å²) in [6, 6.07) is 7.60. The smallest absolute Gasteiger partial charge is 0.308 e. The number of halogens is 3. The Morgan fingerprint density at radius 3 is 2.10 bits per heavy atom. The molecule has 1 aromatic carbocycles. The summed E-state index contributed by atoms with van der Waals surface area (Å²) >= 11 is 0. The molecule has 0 unspecified atom stereocenters. The van der Waals surface area contributed by atoms with E-state index in [-0.39, 0.29) is 5.54 Å². The lowest BCUT2D eigenvalue weighted by Gasteiger charge is -2.23. The van der Waals surface area contributed by atoms with E-state index < -0.39 is 12.7 Å². The predicted octanol–water partition coefficient (Wildman–Crippen LogP) is 3.57. The normalized spacial score (nSPS) is 13.0. The Labute approximate surface area is 119 Å². The first-order chi connectivity index (χ1) is 9.07. The fraction of sp³-hybridized carbons (Fsp3) is 0.600. The van der Waals surface area contributed by atoms with Crippen LogP contribution in [0.3, 0.4) is 0 Å². The Bertz CT molecular complexity index is 422. The van der Waals surface area contributed by atoms with Crippen molar-refractivity contribution in [1.29, 1.82) is 0 Å². The molecule has 0 aliphatic rings. The van der Waals surface area contributed by atoms with Crippen molar-refractivity contribution in [2.24, 2.45) is 0 Å². The Hall–Kier alpha value is -1.07. The highest BCUT2D eigenvalue weighted by atomic mass is 19.4. The van der Waals surface area contributed by atoms with Crippen LogP contribution in [0, 0.1) is 0 Å². The second-order valence-corrected chi connectivity index (χ2v) is 6.16. The minimum absolute atomic E-state index is 0.0228. The lowest BCUT2D eigenvalue weighted by Crippen LogP contribution is -2.35. The minimum atomic E-state index is -4.16. The Balaban J connectivity index is 2.70. The monoisotopic (exact) mass is 288 g/mol. The maximum Gasteiger partial charge on any atom is 0.401 e. The maximum absolute atomic E-state index is 12.4. The van der Waals surface area contributed by atoms with Crippen molar-refractivity contribution in [3.8, 4) is 0 Å². The second-order valence-electron chi connectivity index (χ2n) is 6.16. The molecule has 0 amide bonds. The lowest BCUT2D eigenvalue weighted by molar-refractivity contribution is -0.144. The van der Waals surface area contributed by atoms with Crippen molar-refractivity contribution in [1.82, 2.24) is 10.2 Å². The van der Waals surface area contributed by atoms with E-state index in [4.69, 9.17) is 0 Å². The molecule has 1 aromatic rings. The van der Waals surface area contributed by atoms with Gasteiger partial charge in [-0.25, -0.2) is 0 Å². The summed E-state index contributed by atoms with van der Waals surface area (Å²) in [7, 11) is 1.49. The molecule has 0 spiro atoms. The molecule has 0 radical (unpaired) electrons. The number of alkyl halides is 3. The molecule has 1 rings (SSSR count). The fourth-order valence-corrected chi connectivity index (χ4v) is 1.90. The van der Waals surface area contributed by atoms with Crippen molar-refractivity contribution >= 4 is 0 Å². The van der Waals surface area contributed by atoms with Gasteiger partial charge in [0, 0.05) is 18.6 Å². The number of rotatable bonds is 5. The Morgan fingerprint density at radius 1 is 1.05 bits per heavy atom. The molecule has 0 bridgehead atoms. The lowest BCUT2D eigenvalue weighted by atomic mass is 10.0. The van der Waals surface area contributed by atoms with Crippen LogP contribution in [-0.2, 0) is 13.1 Å². The van der Waals surface area contributed by atoms with Crippen LogP contribution in [-0.4, -0.2) is 30.2 Å². The molecule has 0 aliphatic heterocycles. The topological polar surface area (TPSA) is 15.3 Å². The SMILES string of the molecule is CN(Cc1ccccc1CNC(C)(C)C)CC(F)(F)F. The van der Waals surface area contributed by atoms with Crippen LogP contribution in [0.5, 0.6) is 0 Å². The molecule has 0 fully saturated rings. The van der Waals surface area contributed by atoms with Crippen LogP contribution in [0.4, 0.5) is 13.2 Å². The van der Waals surface area contributed by atoms with E-state index in [0.29, 0.717) is 13.1 Å². The molecular formula is C15H23F3N2. The summed E-state index contributed by atoms with van der Waals surface area (Å²) in [5.41, 5.74) is 1.94. The van der Waals surface area contributed by atoms with E-state index in [1.54, 1.807) is 0 Å². The first kappa shape index (κ1) is 17.0. The van der Waals surface area contributed by atoms with Gasteiger partial charge in [0.25, 0.3) is 0 Å². The van der Waals surface area contributed by atoms with Gasteiger partial charge in [-0.2, -0.15) is 13.2 Å². The van der Waals surface area contributed by atoms with Gasteiger partial charge in [0.05, 0.1) is 6.54 Å². The summed E-state index contributed by atoms with van der Waals surface area (Å²) in [5.74, 6) is 0. The highest BCUT2D eigenvalue weighted by Crippen LogP contribution is 2.18. The molecule has 0 saturated heterocycles. The van der Waals surface area contributed by atoms with Gasteiger partial charge < -0.3 is 5.32 Å². The third kappa shape index (κ3) is 6.91. The van der Waals surface area contributed by atoms with Crippen LogP contribution in [0.15, 0.2) is 24.3 Å². The number of hydrogen-bond donors (Lipinski definition) is 1. The fourth-order valence-electron chi connectivity index (χ4n) is 1.90. The summed E-state index contributed by atoms with van der Waals surface area (Å²) in [6.07, 6.45) is -4.16. The maximum atomic E-state index is 12.4. The first-order valence-electron chi connectivity index (χ1n) is 6.64. The van der Waals surface area contributed by atoms with Crippen LogP contribution >= 0.6 is 0 Å². The molecule has 0 saturated carbocycles. The molecule has 114 valence electrons. The summed E-state index contributed by atoms with van der Waals surface area (Å²) in [4.78, 5) is 1.29. The summed E-state index contributed by atoms with van der Waals surface area (Å²) in [5, 5.41) is 3.36. The van der Waals surface area contributed by atoms with Gasteiger partial charge in [-0.05, 0) is 38.9 Å². The second kappa shape index (κ2) is 6.59. The van der Waals surface area contributed by atoms with Gasteiger partial charge in [0.15, 0.2) is 0 Å². The van der Waals surface area contributed by atoms with E-state index >= 15 is 0 Å². The van der Waals surface area contributed by atoms with E-state index in [0.717, 1.165) is 11.1 Å². The highest BCUT2D eigenvalue weighted by molar-refractivity contribution is 5.27. The van der Waals surface area contributed by atoms with Crippen LogP contribution < -0.4 is 5.32 Å². The molecule has 0 aromatic heterocycles. The molecule has 5 heteroatoms. The zero-order valence-corrected chi connectivity index (χ0v) is 12.5. The zero-order valence-electron chi connectivity index (χ0n) is 12.5. The van der Waals surface area contributed by atoms with Crippen LogP contribution in [0.2, 0.25) is 0 Å². The van der Waals surface area contributed by atoms with Gasteiger partial charge in [-0.1, -0.05) is 24.3 Å². The quantitative estimate of drug-likeness (QED) is 0.891. The number of benzene rings is 1. The highest BCUT2D eigenvalue weighted by Gasteiger charge is 2.29. The molecule has 1 N–H and O–H groups in total. The van der Waals surface area contributed by atoms with Gasteiger partial charge in [0.2, 0.25) is 0 Å². The van der Waals surface area contributed by atoms with Crippen LogP contribution in [0.1, 0.15) is 31.9 Å². The molecular weight excluding hydrogens is 265 g/mol.